The van der Waals surface area contributed by atoms with Crippen molar-refractivity contribution in [2.24, 2.45) is 0 Å². The molecular weight excluding hydrogens is 466 g/mol. The minimum atomic E-state index is -0.447. The highest BCUT2D eigenvalue weighted by Crippen LogP contribution is 2.40. The molecule has 0 spiro atoms. The molecule has 8 nitrogen and oxygen atoms in total. The average molecular weight is 494 g/mol. The molecule has 0 fully saturated rings. The zero-order valence-electron chi connectivity index (χ0n) is 19.3. The zero-order chi connectivity index (χ0) is 23.3. The maximum absolute atomic E-state index is 13.5. The van der Waals surface area contributed by atoms with Crippen LogP contribution in [0.5, 0.6) is 11.5 Å². The van der Waals surface area contributed by atoms with Crippen LogP contribution in [0.2, 0.25) is 0 Å². The molecule has 0 aliphatic carbocycles. The van der Waals surface area contributed by atoms with Crippen LogP contribution in [-0.2, 0) is 4.74 Å². The van der Waals surface area contributed by atoms with E-state index in [1.165, 1.54) is 18.4 Å². The van der Waals surface area contributed by atoms with Crippen LogP contribution >= 0.6 is 23.7 Å². The van der Waals surface area contributed by atoms with Gasteiger partial charge >= 0.3 is 5.97 Å². The number of aromatic nitrogens is 1. The number of nitrogens with zero attached hydrogens (tertiary/aromatic N) is 3. The lowest BCUT2D eigenvalue weighted by Gasteiger charge is -2.21. The fourth-order valence-electron chi connectivity index (χ4n) is 3.24. The van der Waals surface area contributed by atoms with Crippen molar-refractivity contribution >= 4 is 51.0 Å². The number of thiazole rings is 1. The molecule has 1 amide bonds. The molecule has 0 atom stereocenters. The maximum Gasteiger partial charge on any atom is 0.337 e. The number of carbonyl (C=O) groups excluding carboxylic acids is 2. The lowest BCUT2D eigenvalue weighted by molar-refractivity contribution is 0.0600. The highest BCUT2D eigenvalue weighted by atomic mass is 35.5. The van der Waals surface area contributed by atoms with Crippen LogP contribution in [0.3, 0.4) is 0 Å². The van der Waals surface area contributed by atoms with Gasteiger partial charge in [-0.2, -0.15) is 0 Å². The summed E-state index contributed by atoms with van der Waals surface area (Å²) in [6.07, 6.45) is 0.767. The molecule has 0 bridgehead atoms. The van der Waals surface area contributed by atoms with E-state index in [-0.39, 0.29) is 18.3 Å². The average Bonchev–Trinajstić information content (AvgIpc) is 3.25. The van der Waals surface area contributed by atoms with Gasteiger partial charge in [0.2, 0.25) is 0 Å². The minimum absolute atomic E-state index is 0. The molecule has 0 unspecified atom stereocenters. The first-order valence-corrected chi connectivity index (χ1v) is 10.9. The van der Waals surface area contributed by atoms with Crippen LogP contribution in [0.4, 0.5) is 5.13 Å². The van der Waals surface area contributed by atoms with Crippen molar-refractivity contribution in [1.29, 1.82) is 0 Å². The minimum Gasteiger partial charge on any atom is -0.495 e. The van der Waals surface area contributed by atoms with Gasteiger partial charge in [0.1, 0.15) is 21.7 Å². The molecule has 3 aromatic rings. The van der Waals surface area contributed by atoms with Gasteiger partial charge in [-0.15, -0.1) is 12.4 Å². The smallest absolute Gasteiger partial charge is 0.337 e. The largest absolute Gasteiger partial charge is 0.495 e. The number of carbonyl (C=O) groups is 2. The Balaban J connectivity index is 0.00000385. The van der Waals surface area contributed by atoms with Gasteiger partial charge in [-0.25, -0.2) is 9.78 Å². The van der Waals surface area contributed by atoms with E-state index < -0.39 is 5.97 Å². The first kappa shape index (κ1) is 26.4. The van der Waals surface area contributed by atoms with Gasteiger partial charge in [0.15, 0.2) is 5.13 Å². The standard InChI is InChI=1S/C23H27N3O5S.ClH/c1-25(2)13-6-14-26(21(27)15-7-9-16(10-8-15)22(28)31-5)23-24-19-17(29-3)11-12-18(30-4)20(19)32-23;/h7-12H,6,13-14H2,1-5H3;1H. The number of fused-ring (bicyclic) bond motifs is 1. The Hall–Kier alpha value is -2.88. The Bertz CT molecular complexity index is 1060. The number of anilines is 1. The summed E-state index contributed by atoms with van der Waals surface area (Å²) in [6.45, 7) is 1.31. The molecule has 0 aliphatic rings. The van der Waals surface area contributed by atoms with Crippen molar-refractivity contribution in [1.82, 2.24) is 9.88 Å². The van der Waals surface area contributed by atoms with E-state index in [0.29, 0.717) is 39.8 Å². The van der Waals surface area contributed by atoms with Gasteiger partial charge in [0, 0.05) is 12.1 Å². The number of ether oxygens (including phenoxy) is 3. The van der Waals surface area contributed by atoms with Crippen LogP contribution in [0, 0.1) is 0 Å². The number of methoxy groups -OCH3 is 3. The van der Waals surface area contributed by atoms with Gasteiger partial charge in [-0.1, -0.05) is 11.3 Å². The topological polar surface area (TPSA) is 81.2 Å². The van der Waals surface area contributed by atoms with Crippen molar-refractivity contribution in [2.45, 2.75) is 6.42 Å². The summed E-state index contributed by atoms with van der Waals surface area (Å²) >= 11 is 1.38. The molecule has 0 N–H and O–H groups in total. The number of halogens is 1. The molecule has 0 saturated carbocycles. The second kappa shape index (κ2) is 11.8. The van der Waals surface area contributed by atoms with Crippen molar-refractivity contribution in [2.75, 3.05) is 53.4 Å². The highest BCUT2D eigenvalue weighted by Gasteiger charge is 2.24. The SMILES string of the molecule is COC(=O)c1ccc(C(=O)N(CCCN(C)C)c2nc3c(OC)ccc(OC)c3s2)cc1.Cl. The summed E-state index contributed by atoms with van der Waals surface area (Å²) in [5.74, 6) is 0.647. The summed E-state index contributed by atoms with van der Waals surface area (Å²) in [7, 11) is 8.49. The van der Waals surface area contributed by atoms with Gasteiger partial charge in [0.05, 0.1) is 26.9 Å². The lowest BCUT2D eigenvalue weighted by Crippen LogP contribution is -2.33. The van der Waals surface area contributed by atoms with Crippen molar-refractivity contribution in [3.63, 3.8) is 0 Å². The van der Waals surface area contributed by atoms with E-state index in [1.807, 2.05) is 20.2 Å². The van der Waals surface area contributed by atoms with Crippen molar-refractivity contribution < 1.29 is 23.8 Å². The number of esters is 1. The summed E-state index contributed by atoms with van der Waals surface area (Å²) in [5.41, 5.74) is 1.50. The summed E-state index contributed by atoms with van der Waals surface area (Å²) in [6, 6.07) is 10.0. The van der Waals surface area contributed by atoms with Crippen LogP contribution in [0.15, 0.2) is 36.4 Å². The Morgan fingerprint density at radius 3 is 2.09 bits per heavy atom. The Labute approximate surface area is 203 Å². The Morgan fingerprint density at radius 2 is 1.52 bits per heavy atom. The number of amides is 1. The Kier molecular flexibility index (Phi) is 9.45. The molecule has 33 heavy (non-hydrogen) atoms. The van der Waals surface area contributed by atoms with Crippen LogP contribution < -0.4 is 14.4 Å². The molecule has 1 heterocycles. The predicted molar refractivity (Wildman–Crippen MR) is 133 cm³/mol. The third kappa shape index (κ3) is 5.93. The van der Waals surface area contributed by atoms with E-state index in [4.69, 9.17) is 19.2 Å². The lowest BCUT2D eigenvalue weighted by atomic mass is 10.1. The van der Waals surface area contributed by atoms with Gasteiger partial charge in [-0.05, 0) is 63.5 Å². The summed E-state index contributed by atoms with van der Waals surface area (Å²) < 4.78 is 16.5. The number of hydrogen-bond donors (Lipinski definition) is 0. The monoisotopic (exact) mass is 493 g/mol. The summed E-state index contributed by atoms with van der Waals surface area (Å²) in [5, 5.41) is 0.559. The summed E-state index contributed by atoms with van der Waals surface area (Å²) in [4.78, 5) is 33.6. The van der Waals surface area contributed by atoms with E-state index in [2.05, 4.69) is 4.90 Å². The van der Waals surface area contributed by atoms with E-state index in [0.717, 1.165) is 17.7 Å². The fourth-order valence-corrected chi connectivity index (χ4v) is 4.34. The van der Waals surface area contributed by atoms with Crippen LogP contribution in [0.1, 0.15) is 27.1 Å². The fraction of sp³-hybridized carbons (Fsp3) is 0.348. The van der Waals surface area contributed by atoms with Crippen LogP contribution in [0.25, 0.3) is 10.2 Å². The third-order valence-corrected chi connectivity index (χ3v) is 6.01. The molecule has 0 radical (unpaired) electrons. The molecule has 178 valence electrons. The van der Waals surface area contributed by atoms with E-state index in [9.17, 15) is 9.59 Å². The van der Waals surface area contributed by atoms with Crippen molar-refractivity contribution in [3.05, 3.63) is 47.5 Å². The van der Waals surface area contributed by atoms with Crippen LogP contribution in [-0.4, -0.2) is 70.3 Å². The molecule has 10 heteroatoms. The number of benzene rings is 2. The maximum atomic E-state index is 13.5. The zero-order valence-corrected chi connectivity index (χ0v) is 20.9. The van der Waals surface area contributed by atoms with Gasteiger partial charge in [0.25, 0.3) is 5.91 Å². The normalized spacial score (nSPS) is 10.6. The molecule has 0 aliphatic heterocycles. The molecule has 1 aromatic heterocycles. The molecule has 2 aromatic carbocycles. The van der Waals surface area contributed by atoms with Gasteiger partial charge in [-0.3, -0.25) is 9.69 Å². The quantitative estimate of drug-likeness (QED) is 0.415. The van der Waals surface area contributed by atoms with E-state index >= 15 is 0 Å². The molecule has 3 rings (SSSR count). The first-order chi connectivity index (χ1) is 15.4. The third-order valence-electron chi connectivity index (χ3n) is 4.92. The van der Waals surface area contributed by atoms with Gasteiger partial charge < -0.3 is 19.1 Å². The molecule has 0 saturated heterocycles. The molecular formula is C23H28ClN3O5S. The predicted octanol–water partition coefficient (Wildman–Crippen LogP) is 4.12. The van der Waals surface area contributed by atoms with E-state index in [1.54, 1.807) is 49.5 Å². The van der Waals surface area contributed by atoms with Crippen molar-refractivity contribution in [3.8, 4) is 11.5 Å². The number of rotatable bonds is 9. The second-order valence-electron chi connectivity index (χ2n) is 7.33. The highest BCUT2D eigenvalue weighted by molar-refractivity contribution is 7.22. The second-order valence-corrected chi connectivity index (χ2v) is 8.30. The first-order valence-electron chi connectivity index (χ1n) is 10.1. The number of hydrogen-bond acceptors (Lipinski definition) is 8. The Morgan fingerprint density at radius 1 is 0.909 bits per heavy atom.